The van der Waals surface area contributed by atoms with Gasteiger partial charge in [-0.15, -0.1) is 0 Å². The molecule has 0 N–H and O–H groups in total. The quantitative estimate of drug-likeness (QED) is 0.377. The molecule has 0 saturated heterocycles. The van der Waals surface area contributed by atoms with Crippen molar-refractivity contribution in [3.05, 3.63) is 35.1 Å². The van der Waals surface area contributed by atoms with Gasteiger partial charge in [-0.3, -0.25) is 0 Å². The van der Waals surface area contributed by atoms with Crippen LogP contribution in [0.25, 0.3) is 0 Å². The number of hydrogen-bond acceptors (Lipinski definition) is 3. The van der Waals surface area contributed by atoms with Crippen molar-refractivity contribution in [2.75, 3.05) is 13.2 Å². The Balaban J connectivity index is 2.31. The van der Waals surface area contributed by atoms with Gasteiger partial charge >= 0.3 is 0 Å². The highest BCUT2D eigenvalue weighted by molar-refractivity contribution is 6.27. The number of benzene rings is 1. The summed E-state index contributed by atoms with van der Waals surface area (Å²) in [6.45, 7) is 4.02. The molecule has 0 unspecified atom stereocenters. The van der Waals surface area contributed by atoms with Crippen LogP contribution in [0, 0.1) is 17.5 Å². The molecule has 0 fully saturated rings. The van der Waals surface area contributed by atoms with Crippen molar-refractivity contribution in [2.24, 2.45) is 0 Å². The van der Waals surface area contributed by atoms with Crippen LogP contribution in [-0.4, -0.2) is 29.5 Å². The van der Waals surface area contributed by atoms with Crippen LogP contribution in [0.2, 0.25) is 6.04 Å². The van der Waals surface area contributed by atoms with Crippen LogP contribution in [-0.2, 0) is 20.3 Å². The largest absolute Gasteiger partial charge is 0.379 e. The highest BCUT2D eigenvalue weighted by Gasteiger charge is 2.12. The SMILES string of the molecule is CCOC(OCC)O[SiH2]CCCc1c(F)cc(F)cc1F. The van der Waals surface area contributed by atoms with Crippen molar-refractivity contribution < 1.29 is 27.1 Å². The number of ether oxygens (including phenoxy) is 2. The van der Waals surface area contributed by atoms with Crippen LogP contribution in [0.4, 0.5) is 13.2 Å². The molecule has 1 aromatic rings. The molecule has 1 rings (SSSR count). The third kappa shape index (κ3) is 6.60. The zero-order valence-corrected chi connectivity index (χ0v) is 13.7. The number of hydrogen-bond donors (Lipinski definition) is 0. The van der Waals surface area contributed by atoms with Gasteiger partial charge in [-0.2, -0.15) is 0 Å². The van der Waals surface area contributed by atoms with E-state index >= 15 is 0 Å². The van der Waals surface area contributed by atoms with Crippen molar-refractivity contribution in [1.29, 1.82) is 0 Å². The summed E-state index contributed by atoms with van der Waals surface area (Å²) in [5.41, 5.74) is -0.0726. The molecule has 0 aliphatic rings. The zero-order valence-electron chi connectivity index (χ0n) is 12.3. The molecule has 0 bridgehead atoms. The van der Waals surface area contributed by atoms with E-state index in [0.717, 1.165) is 6.04 Å². The van der Waals surface area contributed by atoms with E-state index in [1.54, 1.807) is 0 Å². The van der Waals surface area contributed by atoms with Crippen molar-refractivity contribution in [3.63, 3.8) is 0 Å². The summed E-state index contributed by atoms with van der Waals surface area (Å²) in [7, 11) is -0.894. The van der Waals surface area contributed by atoms with Gasteiger partial charge in [0, 0.05) is 30.9 Å². The summed E-state index contributed by atoms with van der Waals surface area (Å²) in [6, 6.07) is 2.13. The number of rotatable bonds is 10. The van der Waals surface area contributed by atoms with Crippen molar-refractivity contribution in [1.82, 2.24) is 0 Å². The zero-order chi connectivity index (χ0) is 15.7. The summed E-state index contributed by atoms with van der Waals surface area (Å²) in [6.07, 6.45) is 0.804. The Kier molecular flexibility index (Phi) is 8.59. The van der Waals surface area contributed by atoms with Crippen molar-refractivity contribution >= 4 is 9.76 Å². The van der Waals surface area contributed by atoms with Crippen LogP contribution in [0.3, 0.4) is 0 Å². The van der Waals surface area contributed by atoms with E-state index < -0.39 is 33.7 Å². The monoisotopic (exact) mass is 322 g/mol. The first-order valence-electron chi connectivity index (χ1n) is 7.06. The lowest BCUT2D eigenvalue weighted by molar-refractivity contribution is -0.243. The molecule has 0 radical (unpaired) electrons. The summed E-state index contributed by atoms with van der Waals surface area (Å²) >= 11 is 0. The minimum absolute atomic E-state index is 0.0726. The fraction of sp³-hybridized carbons (Fsp3) is 0.571. The van der Waals surface area contributed by atoms with Crippen LogP contribution in [0.15, 0.2) is 12.1 Å². The third-order valence-electron chi connectivity index (χ3n) is 2.79. The van der Waals surface area contributed by atoms with Gasteiger partial charge < -0.3 is 13.9 Å². The Morgan fingerprint density at radius 3 is 2.14 bits per heavy atom. The Hall–Kier alpha value is -0.893. The normalized spacial score (nSPS) is 11.9. The molecule has 0 heterocycles. The Morgan fingerprint density at radius 1 is 1.05 bits per heavy atom. The molecule has 0 saturated carbocycles. The van der Waals surface area contributed by atoms with Gasteiger partial charge in [-0.25, -0.2) is 13.2 Å². The molecule has 21 heavy (non-hydrogen) atoms. The average molecular weight is 322 g/mol. The highest BCUT2D eigenvalue weighted by Crippen LogP contribution is 2.17. The van der Waals surface area contributed by atoms with Gasteiger partial charge in [0.2, 0.25) is 0 Å². The van der Waals surface area contributed by atoms with Crippen LogP contribution >= 0.6 is 0 Å². The first kappa shape index (κ1) is 18.2. The lowest BCUT2D eigenvalue weighted by atomic mass is 10.1. The minimum Gasteiger partial charge on any atom is -0.379 e. The maximum atomic E-state index is 13.4. The summed E-state index contributed by atoms with van der Waals surface area (Å²) in [4.78, 5) is 0. The molecule has 0 spiro atoms. The Bertz CT molecular complexity index is 403. The van der Waals surface area contributed by atoms with E-state index in [1.165, 1.54) is 0 Å². The molecule has 0 aliphatic carbocycles. The van der Waals surface area contributed by atoms with Gasteiger partial charge in [0.05, 0.1) is 0 Å². The smallest absolute Gasteiger partial charge is 0.261 e. The minimum atomic E-state index is -0.900. The molecule has 0 aromatic heterocycles. The predicted molar refractivity (Wildman–Crippen MR) is 76.1 cm³/mol. The average Bonchev–Trinajstić information content (AvgIpc) is 2.41. The second-order valence-corrected chi connectivity index (χ2v) is 5.82. The highest BCUT2D eigenvalue weighted by atomic mass is 28.2. The van der Waals surface area contributed by atoms with Crippen molar-refractivity contribution in [3.8, 4) is 0 Å². The van der Waals surface area contributed by atoms with Crippen LogP contribution in [0.5, 0.6) is 0 Å². The van der Waals surface area contributed by atoms with Gasteiger partial charge in [-0.1, -0.05) is 0 Å². The van der Waals surface area contributed by atoms with Crippen LogP contribution in [0.1, 0.15) is 25.8 Å². The maximum Gasteiger partial charge on any atom is 0.261 e. The summed E-state index contributed by atoms with van der Waals surface area (Å²) in [5, 5.41) is 0. The summed E-state index contributed by atoms with van der Waals surface area (Å²) in [5.74, 6) is -2.57. The van der Waals surface area contributed by atoms with E-state index in [-0.39, 0.29) is 12.0 Å². The van der Waals surface area contributed by atoms with Gasteiger partial charge in [0.1, 0.15) is 17.5 Å². The van der Waals surface area contributed by atoms with Gasteiger partial charge in [0.25, 0.3) is 6.48 Å². The Morgan fingerprint density at radius 2 is 1.62 bits per heavy atom. The fourth-order valence-electron chi connectivity index (χ4n) is 1.81. The molecule has 0 aliphatic heterocycles. The predicted octanol–water partition coefficient (Wildman–Crippen LogP) is 2.91. The number of halogens is 3. The second-order valence-electron chi connectivity index (χ2n) is 4.38. The van der Waals surface area contributed by atoms with E-state index in [2.05, 4.69) is 0 Å². The van der Waals surface area contributed by atoms with E-state index in [9.17, 15) is 13.2 Å². The molecule has 0 atom stereocenters. The van der Waals surface area contributed by atoms with Gasteiger partial charge in [0.15, 0.2) is 9.76 Å². The first-order chi connectivity index (χ1) is 10.1. The lowest BCUT2D eigenvalue weighted by Gasteiger charge is -2.17. The topological polar surface area (TPSA) is 27.7 Å². The molecule has 7 heteroatoms. The molecular weight excluding hydrogens is 301 g/mol. The fourth-order valence-corrected chi connectivity index (χ4v) is 2.82. The standard InChI is InChI=1S/C14H21F3O3Si/c1-3-18-14(19-4-2)20-21-7-5-6-11-12(16)8-10(15)9-13(11)17/h8-9,14H,3-7,21H2,1-2H3. The molecule has 0 amide bonds. The molecule has 3 nitrogen and oxygen atoms in total. The van der Waals surface area contributed by atoms with Gasteiger partial charge in [-0.05, 0) is 32.7 Å². The van der Waals surface area contributed by atoms with Crippen molar-refractivity contribution in [2.45, 2.75) is 39.2 Å². The van der Waals surface area contributed by atoms with E-state index in [4.69, 9.17) is 13.9 Å². The molecule has 1 aromatic carbocycles. The first-order valence-corrected chi connectivity index (χ1v) is 8.64. The summed E-state index contributed by atoms with van der Waals surface area (Å²) < 4.78 is 55.5. The lowest BCUT2D eigenvalue weighted by Crippen LogP contribution is -2.23. The Labute approximate surface area is 125 Å². The second kappa shape index (κ2) is 9.94. The molecular formula is C14H21F3O3Si. The molecule has 120 valence electrons. The van der Waals surface area contributed by atoms with Crippen LogP contribution < -0.4 is 0 Å². The third-order valence-corrected chi connectivity index (χ3v) is 4.08. The van der Waals surface area contributed by atoms with E-state index in [0.29, 0.717) is 31.8 Å². The maximum absolute atomic E-state index is 13.4. The van der Waals surface area contributed by atoms with E-state index in [1.807, 2.05) is 13.8 Å².